The first-order valence-electron chi connectivity index (χ1n) is 6.04. The van der Waals surface area contributed by atoms with E-state index in [0.717, 1.165) is 11.1 Å². The van der Waals surface area contributed by atoms with E-state index >= 15 is 0 Å². The largest absolute Gasteiger partial charge is 0.261 e. The Morgan fingerprint density at radius 3 is 2.48 bits per heavy atom. The Bertz CT molecular complexity index is 939. The first kappa shape index (κ1) is 14.3. The molecule has 3 aromatic rings. The molecule has 0 bridgehead atoms. The van der Waals surface area contributed by atoms with Gasteiger partial charge < -0.3 is 0 Å². The lowest BCUT2D eigenvalue weighted by atomic mass is 10.1. The minimum atomic E-state index is -3.76. The highest BCUT2D eigenvalue weighted by atomic mass is 35.7. The number of fused-ring (bicyclic) bond motifs is 1. The van der Waals surface area contributed by atoms with E-state index < -0.39 is 9.05 Å². The molecule has 0 saturated carbocycles. The van der Waals surface area contributed by atoms with Crippen LogP contribution in [-0.2, 0) is 9.05 Å². The molecule has 1 aromatic heterocycles. The van der Waals surface area contributed by atoms with Crippen LogP contribution < -0.4 is 0 Å². The van der Waals surface area contributed by atoms with Crippen LogP contribution in [-0.4, -0.2) is 13.4 Å². The quantitative estimate of drug-likeness (QED) is 0.647. The third-order valence-corrected chi connectivity index (χ3v) is 4.80. The smallest absolute Gasteiger partial charge is 0.256 e. The number of pyridine rings is 1. The fourth-order valence-corrected chi connectivity index (χ4v) is 3.14. The van der Waals surface area contributed by atoms with Crippen LogP contribution in [0.25, 0.3) is 22.0 Å². The fourth-order valence-electron chi connectivity index (χ4n) is 2.10. The van der Waals surface area contributed by atoms with Crippen molar-refractivity contribution in [3.63, 3.8) is 0 Å². The van der Waals surface area contributed by atoms with Crippen molar-refractivity contribution >= 4 is 42.2 Å². The summed E-state index contributed by atoms with van der Waals surface area (Å²) >= 11 is 6.17. The van der Waals surface area contributed by atoms with Crippen molar-refractivity contribution < 1.29 is 8.42 Å². The van der Waals surface area contributed by atoms with Gasteiger partial charge in [-0.2, -0.15) is 0 Å². The van der Waals surface area contributed by atoms with Crippen LogP contribution in [0, 0.1) is 0 Å². The molecule has 0 amide bonds. The lowest BCUT2D eigenvalue weighted by Gasteiger charge is -2.06. The van der Waals surface area contributed by atoms with Gasteiger partial charge in [-0.1, -0.05) is 29.8 Å². The van der Waals surface area contributed by atoms with Crippen molar-refractivity contribution in [1.82, 2.24) is 4.98 Å². The molecule has 0 atom stereocenters. The highest BCUT2D eigenvalue weighted by molar-refractivity contribution is 8.13. The zero-order valence-corrected chi connectivity index (χ0v) is 13.0. The summed E-state index contributed by atoms with van der Waals surface area (Å²) < 4.78 is 22.8. The van der Waals surface area contributed by atoms with E-state index in [1.165, 1.54) is 12.1 Å². The third kappa shape index (κ3) is 2.88. The second kappa shape index (κ2) is 5.30. The molecule has 0 aliphatic rings. The number of hydrogen-bond donors (Lipinski definition) is 0. The monoisotopic (exact) mass is 337 g/mol. The molecular formula is C15H9Cl2NO2S. The van der Waals surface area contributed by atoms with Crippen LogP contribution in [0.1, 0.15) is 0 Å². The normalized spacial score (nSPS) is 11.7. The SMILES string of the molecule is O=S(=O)(Cl)c1ccc2ncc(-c3ccccc3Cl)cc2c1. The Balaban J connectivity index is 2.22. The predicted molar refractivity (Wildman–Crippen MR) is 85.2 cm³/mol. The van der Waals surface area contributed by atoms with Crippen molar-refractivity contribution in [3.8, 4) is 11.1 Å². The Morgan fingerprint density at radius 1 is 1.00 bits per heavy atom. The molecule has 106 valence electrons. The number of rotatable bonds is 2. The van der Waals surface area contributed by atoms with Crippen LogP contribution in [0.5, 0.6) is 0 Å². The molecule has 0 radical (unpaired) electrons. The minimum absolute atomic E-state index is 0.0507. The molecule has 2 aromatic carbocycles. The van der Waals surface area contributed by atoms with Gasteiger partial charge in [0.25, 0.3) is 9.05 Å². The molecule has 0 aliphatic carbocycles. The number of halogens is 2. The first-order chi connectivity index (χ1) is 9.95. The van der Waals surface area contributed by atoms with Crippen molar-refractivity contribution in [2.75, 3.05) is 0 Å². The van der Waals surface area contributed by atoms with E-state index in [1.54, 1.807) is 18.3 Å². The summed E-state index contributed by atoms with van der Waals surface area (Å²) in [6.45, 7) is 0. The molecule has 0 saturated heterocycles. The van der Waals surface area contributed by atoms with Crippen molar-refractivity contribution in [1.29, 1.82) is 0 Å². The Hall–Kier alpha value is -1.62. The van der Waals surface area contributed by atoms with Crippen molar-refractivity contribution in [2.24, 2.45) is 0 Å². The van der Waals surface area contributed by atoms with Gasteiger partial charge in [0.05, 0.1) is 10.4 Å². The second-order valence-corrected chi connectivity index (χ2v) is 7.47. The Morgan fingerprint density at radius 2 is 1.76 bits per heavy atom. The predicted octanol–water partition coefficient (Wildman–Crippen LogP) is 4.48. The molecule has 1 heterocycles. The van der Waals surface area contributed by atoms with Crippen LogP contribution in [0.2, 0.25) is 5.02 Å². The fraction of sp³-hybridized carbons (Fsp3) is 0. The molecule has 0 aliphatic heterocycles. The maximum atomic E-state index is 11.4. The number of aromatic nitrogens is 1. The summed E-state index contributed by atoms with van der Waals surface area (Å²) in [5.41, 5.74) is 2.35. The van der Waals surface area contributed by atoms with Gasteiger partial charge in [0.1, 0.15) is 0 Å². The van der Waals surface area contributed by atoms with Crippen LogP contribution in [0.15, 0.2) is 59.6 Å². The average Bonchev–Trinajstić information content (AvgIpc) is 2.45. The highest BCUT2D eigenvalue weighted by Gasteiger charge is 2.11. The van der Waals surface area contributed by atoms with E-state index in [1.807, 2.05) is 24.3 Å². The van der Waals surface area contributed by atoms with E-state index in [4.69, 9.17) is 22.3 Å². The van der Waals surface area contributed by atoms with E-state index in [2.05, 4.69) is 4.98 Å². The summed E-state index contributed by atoms with van der Waals surface area (Å²) in [6.07, 6.45) is 1.71. The lowest BCUT2D eigenvalue weighted by Crippen LogP contribution is -1.91. The molecule has 0 unspecified atom stereocenters. The molecule has 3 nitrogen and oxygen atoms in total. The summed E-state index contributed by atoms with van der Waals surface area (Å²) in [5, 5.41) is 1.30. The first-order valence-corrected chi connectivity index (χ1v) is 8.73. The zero-order chi connectivity index (χ0) is 15.0. The van der Waals surface area contributed by atoms with Gasteiger partial charge in [-0.3, -0.25) is 4.98 Å². The molecular weight excluding hydrogens is 329 g/mol. The Labute approximate surface area is 131 Å². The minimum Gasteiger partial charge on any atom is -0.256 e. The second-order valence-electron chi connectivity index (χ2n) is 4.50. The lowest BCUT2D eigenvalue weighted by molar-refractivity contribution is 0.609. The highest BCUT2D eigenvalue weighted by Crippen LogP contribution is 2.30. The summed E-state index contributed by atoms with van der Waals surface area (Å²) in [6, 6.07) is 13.8. The van der Waals surface area contributed by atoms with Crippen molar-refractivity contribution in [3.05, 3.63) is 59.8 Å². The van der Waals surface area contributed by atoms with Gasteiger partial charge in [0, 0.05) is 38.4 Å². The van der Waals surface area contributed by atoms with E-state index in [9.17, 15) is 8.42 Å². The molecule has 0 spiro atoms. The van der Waals surface area contributed by atoms with E-state index in [-0.39, 0.29) is 4.90 Å². The maximum absolute atomic E-state index is 11.4. The van der Waals surface area contributed by atoms with Gasteiger partial charge in [0.15, 0.2) is 0 Å². The summed E-state index contributed by atoms with van der Waals surface area (Å²) in [7, 11) is 1.61. The number of hydrogen-bond acceptors (Lipinski definition) is 3. The molecule has 3 rings (SSSR count). The molecule has 0 fully saturated rings. The maximum Gasteiger partial charge on any atom is 0.261 e. The molecule has 6 heteroatoms. The molecule has 0 N–H and O–H groups in total. The molecule has 21 heavy (non-hydrogen) atoms. The number of benzene rings is 2. The summed E-state index contributed by atoms with van der Waals surface area (Å²) in [5.74, 6) is 0. The van der Waals surface area contributed by atoms with E-state index in [0.29, 0.717) is 15.9 Å². The average molecular weight is 338 g/mol. The number of nitrogens with zero attached hydrogens (tertiary/aromatic N) is 1. The van der Waals surface area contributed by atoms with Crippen LogP contribution in [0.3, 0.4) is 0 Å². The van der Waals surface area contributed by atoms with Gasteiger partial charge in [-0.05, 0) is 30.3 Å². The van der Waals surface area contributed by atoms with Gasteiger partial charge in [-0.25, -0.2) is 8.42 Å². The Kier molecular flexibility index (Phi) is 3.61. The van der Waals surface area contributed by atoms with Gasteiger partial charge in [0.2, 0.25) is 0 Å². The third-order valence-electron chi connectivity index (χ3n) is 3.12. The standard InChI is InChI=1S/C15H9Cl2NO2S/c16-14-4-2-1-3-13(14)11-7-10-8-12(21(17,19)20)5-6-15(10)18-9-11/h1-9H. The van der Waals surface area contributed by atoms with Gasteiger partial charge >= 0.3 is 0 Å². The van der Waals surface area contributed by atoms with Crippen LogP contribution >= 0.6 is 22.3 Å². The summed E-state index contributed by atoms with van der Waals surface area (Å²) in [4.78, 5) is 4.38. The van der Waals surface area contributed by atoms with Gasteiger partial charge in [-0.15, -0.1) is 0 Å². The zero-order valence-electron chi connectivity index (χ0n) is 10.6. The topological polar surface area (TPSA) is 47.0 Å². The van der Waals surface area contributed by atoms with Crippen LogP contribution in [0.4, 0.5) is 0 Å². The van der Waals surface area contributed by atoms with Crippen molar-refractivity contribution in [2.45, 2.75) is 4.90 Å².